The fraction of sp³-hybridized carbons (Fsp3) is 0.0909. The molecule has 0 aliphatic carbocycles. The Balaban J connectivity index is 2.92. The Kier molecular flexibility index (Phi) is 2.32. The van der Waals surface area contributed by atoms with E-state index in [4.69, 9.17) is 11.6 Å². The maximum absolute atomic E-state index is 11.8. The molecule has 2 rings (SSSR count). The predicted molar refractivity (Wildman–Crippen MR) is 59.6 cm³/mol. The SMILES string of the molecule is CC(=O)c1c[nH]c2c(Cl)cccc2c1=O. The van der Waals surface area contributed by atoms with E-state index < -0.39 is 0 Å². The van der Waals surface area contributed by atoms with E-state index in [-0.39, 0.29) is 16.8 Å². The van der Waals surface area contributed by atoms with Gasteiger partial charge in [-0.3, -0.25) is 9.59 Å². The summed E-state index contributed by atoms with van der Waals surface area (Å²) in [5.41, 5.74) is 0.442. The van der Waals surface area contributed by atoms with Gasteiger partial charge in [0.2, 0.25) is 0 Å². The van der Waals surface area contributed by atoms with Crippen LogP contribution in [0.3, 0.4) is 0 Å². The van der Waals surface area contributed by atoms with Crippen LogP contribution in [-0.4, -0.2) is 10.8 Å². The second-order valence-corrected chi connectivity index (χ2v) is 3.66. The van der Waals surface area contributed by atoms with Crippen molar-refractivity contribution < 1.29 is 4.79 Å². The van der Waals surface area contributed by atoms with Crippen molar-refractivity contribution in [2.45, 2.75) is 6.92 Å². The molecular weight excluding hydrogens is 214 g/mol. The van der Waals surface area contributed by atoms with Gasteiger partial charge in [-0.05, 0) is 19.1 Å². The van der Waals surface area contributed by atoms with Crippen molar-refractivity contribution >= 4 is 28.3 Å². The van der Waals surface area contributed by atoms with Crippen molar-refractivity contribution in [1.82, 2.24) is 4.98 Å². The number of halogens is 1. The molecule has 0 radical (unpaired) electrons. The molecule has 0 fully saturated rings. The van der Waals surface area contributed by atoms with E-state index in [1.165, 1.54) is 13.1 Å². The Labute approximate surface area is 90.7 Å². The molecule has 1 heterocycles. The van der Waals surface area contributed by atoms with Crippen LogP contribution in [0.5, 0.6) is 0 Å². The van der Waals surface area contributed by atoms with E-state index in [1.54, 1.807) is 18.2 Å². The van der Waals surface area contributed by atoms with E-state index in [9.17, 15) is 9.59 Å². The highest BCUT2D eigenvalue weighted by Crippen LogP contribution is 2.18. The molecule has 76 valence electrons. The molecule has 3 nitrogen and oxygen atoms in total. The van der Waals surface area contributed by atoms with Gasteiger partial charge < -0.3 is 4.98 Å². The Morgan fingerprint density at radius 2 is 2.13 bits per heavy atom. The van der Waals surface area contributed by atoms with Crippen LogP contribution in [0.4, 0.5) is 0 Å². The number of ketones is 1. The fourth-order valence-electron chi connectivity index (χ4n) is 1.48. The summed E-state index contributed by atoms with van der Waals surface area (Å²) in [7, 11) is 0. The lowest BCUT2D eigenvalue weighted by atomic mass is 10.1. The first kappa shape index (κ1) is 9.93. The van der Waals surface area contributed by atoms with Gasteiger partial charge in [-0.2, -0.15) is 0 Å². The minimum atomic E-state index is -0.279. The normalized spacial score (nSPS) is 10.5. The average molecular weight is 222 g/mol. The fourth-order valence-corrected chi connectivity index (χ4v) is 1.71. The zero-order chi connectivity index (χ0) is 11.0. The summed E-state index contributed by atoms with van der Waals surface area (Å²) in [6.07, 6.45) is 1.40. The number of benzene rings is 1. The van der Waals surface area contributed by atoms with Gasteiger partial charge in [0.1, 0.15) is 0 Å². The van der Waals surface area contributed by atoms with E-state index >= 15 is 0 Å². The van der Waals surface area contributed by atoms with Gasteiger partial charge in [-0.1, -0.05) is 17.7 Å². The van der Waals surface area contributed by atoms with Crippen molar-refractivity contribution in [3.05, 3.63) is 45.2 Å². The maximum Gasteiger partial charge on any atom is 0.200 e. The Bertz CT molecular complexity index is 601. The van der Waals surface area contributed by atoms with Crippen molar-refractivity contribution in [1.29, 1.82) is 0 Å². The number of aromatic nitrogens is 1. The molecule has 1 aromatic carbocycles. The second kappa shape index (κ2) is 3.51. The number of Topliss-reactive ketones (excluding diaryl/α,β-unsaturated/α-hetero) is 1. The zero-order valence-corrected chi connectivity index (χ0v) is 8.76. The summed E-state index contributed by atoms with van der Waals surface area (Å²) < 4.78 is 0. The van der Waals surface area contributed by atoms with Crippen LogP contribution < -0.4 is 5.43 Å². The minimum absolute atomic E-state index is 0.157. The van der Waals surface area contributed by atoms with Gasteiger partial charge in [-0.15, -0.1) is 0 Å². The van der Waals surface area contributed by atoms with E-state index in [2.05, 4.69) is 4.98 Å². The number of fused-ring (bicyclic) bond motifs is 1. The van der Waals surface area contributed by atoms with Crippen LogP contribution in [0.25, 0.3) is 10.9 Å². The molecule has 0 saturated heterocycles. The summed E-state index contributed by atoms with van der Waals surface area (Å²) in [4.78, 5) is 25.8. The van der Waals surface area contributed by atoms with Crippen molar-refractivity contribution in [2.75, 3.05) is 0 Å². The highest BCUT2D eigenvalue weighted by Gasteiger charge is 2.09. The molecule has 0 bridgehead atoms. The quantitative estimate of drug-likeness (QED) is 0.752. The number of carbonyl (C=O) groups is 1. The smallest absolute Gasteiger partial charge is 0.200 e. The molecule has 0 aliphatic heterocycles. The second-order valence-electron chi connectivity index (χ2n) is 3.25. The van der Waals surface area contributed by atoms with Gasteiger partial charge in [0.15, 0.2) is 11.2 Å². The number of para-hydroxylation sites is 1. The highest BCUT2D eigenvalue weighted by molar-refractivity contribution is 6.35. The summed E-state index contributed by atoms with van der Waals surface area (Å²) in [6, 6.07) is 5.02. The van der Waals surface area contributed by atoms with Crippen LogP contribution >= 0.6 is 11.6 Å². The first-order chi connectivity index (χ1) is 7.11. The summed E-state index contributed by atoms with van der Waals surface area (Å²) in [5.74, 6) is -0.252. The Morgan fingerprint density at radius 1 is 1.40 bits per heavy atom. The molecule has 15 heavy (non-hydrogen) atoms. The standard InChI is InChI=1S/C11H8ClNO2/c1-6(14)8-5-13-10-7(11(8)15)3-2-4-9(10)12/h2-5H,1H3,(H,13,15). The number of H-pyrrole nitrogens is 1. The molecule has 0 unspecified atom stereocenters. The first-order valence-electron chi connectivity index (χ1n) is 4.42. The highest BCUT2D eigenvalue weighted by atomic mass is 35.5. The minimum Gasteiger partial charge on any atom is -0.359 e. The molecule has 0 atom stereocenters. The lowest BCUT2D eigenvalue weighted by Gasteiger charge is -2.01. The average Bonchev–Trinajstić information content (AvgIpc) is 2.19. The zero-order valence-electron chi connectivity index (χ0n) is 8.00. The number of nitrogens with one attached hydrogen (secondary N) is 1. The Morgan fingerprint density at radius 3 is 2.80 bits per heavy atom. The van der Waals surface area contributed by atoms with Crippen LogP contribution in [0.2, 0.25) is 5.02 Å². The summed E-state index contributed by atoms with van der Waals surface area (Å²) in [6.45, 7) is 1.36. The van der Waals surface area contributed by atoms with E-state index in [1.807, 2.05) is 0 Å². The van der Waals surface area contributed by atoms with Gasteiger partial charge in [0.25, 0.3) is 0 Å². The van der Waals surface area contributed by atoms with Crippen LogP contribution in [-0.2, 0) is 0 Å². The molecule has 4 heteroatoms. The van der Waals surface area contributed by atoms with Crippen molar-refractivity contribution in [3.63, 3.8) is 0 Å². The lowest BCUT2D eigenvalue weighted by molar-refractivity contribution is 0.101. The number of pyridine rings is 1. The van der Waals surface area contributed by atoms with E-state index in [0.29, 0.717) is 15.9 Å². The largest absolute Gasteiger partial charge is 0.359 e. The number of aromatic amines is 1. The third kappa shape index (κ3) is 1.55. The van der Waals surface area contributed by atoms with Gasteiger partial charge in [-0.25, -0.2) is 0 Å². The van der Waals surface area contributed by atoms with Crippen molar-refractivity contribution in [2.24, 2.45) is 0 Å². The molecule has 0 aliphatic rings. The third-order valence-corrected chi connectivity index (χ3v) is 2.56. The molecule has 0 saturated carbocycles. The van der Waals surface area contributed by atoms with Crippen LogP contribution in [0, 0.1) is 0 Å². The monoisotopic (exact) mass is 221 g/mol. The van der Waals surface area contributed by atoms with Crippen LogP contribution in [0.1, 0.15) is 17.3 Å². The third-order valence-electron chi connectivity index (χ3n) is 2.24. The van der Waals surface area contributed by atoms with Gasteiger partial charge >= 0.3 is 0 Å². The Hall–Kier alpha value is -1.61. The molecule has 1 aromatic heterocycles. The number of rotatable bonds is 1. The maximum atomic E-state index is 11.8. The number of carbonyl (C=O) groups excluding carboxylic acids is 1. The molecule has 0 spiro atoms. The topological polar surface area (TPSA) is 49.9 Å². The number of hydrogen-bond acceptors (Lipinski definition) is 2. The van der Waals surface area contributed by atoms with Gasteiger partial charge in [0, 0.05) is 11.6 Å². The molecule has 2 aromatic rings. The number of hydrogen-bond donors (Lipinski definition) is 1. The molecule has 0 amide bonds. The lowest BCUT2D eigenvalue weighted by Crippen LogP contribution is -2.13. The summed E-state index contributed by atoms with van der Waals surface area (Å²) in [5, 5.41) is 0.912. The predicted octanol–water partition coefficient (Wildman–Crippen LogP) is 2.38. The van der Waals surface area contributed by atoms with E-state index in [0.717, 1.165) is 0 Å². The molecular formula is C11H8ClNO2. The summed E-state index contributed by atoms with van der Waals surface area (Å²) >= 11 is 5.91. The molecule has 1 N–H and O–H groups in total. The van der Waals surface area contributed by atoms with Gasteiger partial charge in [0.05, 0.1) is 16.1 Å². The van der Waals surface area contributed by atoms with Crippen LogP contribution in [0.15, 0.2) is 29.2 Å². The first-order valence-corrected chi connectivity index (χ1v) is 4.80. The van der Waals surface area contributed by atoms with Crippen molar-refractivity contribution in [3.8, 4) is 0 Å².